The Morgan fingerprint density at radius 2 is 1.78 bits per heavy atom. The van der Waals surface area contributed by atoms with Crippen LogP contribution in [-0.4, -0.2) is 18.5 Å². The molecule has 0 aliphatic rings. The second kappa shape index (κ2) is 7.49. The molecule has 1 heteroatoms. The number of hydrogen-bond acceptors (Lipinski definition) is 1. The molecule has 1 nitrogen and oxygen atoms in total. The molecule has 0 amide bonds. The van der Waals surface area contributed by atoms with Gasteiger partial charge in [0.2, 0.25) is 0 Å². The van der Waals surface area contributed by atoms with Crippen LogP contribution in [0.2, 0.25) is 0 Å². The van der Waals surface area contributed by atoms with Gasteiger partial charge in [-0.05, 0) is 57.2 Å². The minimum Gasteiger partial charge on any atom is -0.296 e. The standard InChI is InChI=1S/C22H27N/c1-18(23(5)17-10-6-9-16-22(2,3)4)20-15-11-13-19-12-7-8-14-21(19)20/h6-8,10-15,18H,17H2,1-5H3/b10-6+/t18-/m0/s1. The molecule has 23 heavy (non-hydrogen) atoms. The molecular weight excluding hydrogens is 278 g/mol. The molecule has 0 fully saturated rings. The molecule has 1 atom stereocenters. The number of fused-ring (bicyclic) bond motifs is 1. The van der Waals surface area contributed by atoms with Crippen molar-refractivity contribution in [1.82, 2.24) is 4.90 Å². The summed E-state index contributed by atoms with van der Waals surface area (Å²) in [7, 11) is 2.16. The Balaban J connectivity index is 2.08. The van der Waals surface area contributed by atoms with E-state index in [0.29, 0.717) is 6.04 Å². The van der Waals surface area contributed by atoms with E-state index < -0.39 is 0 Å². The lowest BCUT2D eigenvalue weighted by Crippen LogP contribution is -2.22. The zero-order chi connectivity index (χ0) is 16.9. The van der Waals surface area contributed by atoms with Crippen molar-refractivity contribution in [2.24, 2.45) is 5.41 Å². The summed E-state index contributed by atoms with van der Waals surface area (Å²) in [6.45, 7) is 9.54. The highest BCUT2D eigenvalue weighted by Crippen LogP contribution is 2.27. The molecule has 2 aromatic rings. The van der Waals surface area contributed by atoms with Gasteiger partial charge in [0.05, 0.1) is 0 Å². The molecule has 0 saturated heterocycles. The van der Waals surface area contributed by atoms with E-state index in [1.54, 1.807) is 0 Å². The van der Waals surface area contributed by atoms with Gasteiger partial charge in [-0.25, -0.2) is 0 Å². The molecule has 2 aromatic carbocycles. The fourth-order valence-corrected chi connectivity index (χ4v) is 2.55. The molecule has 2 rings (SSSR count). The van der Waals surface area contributed by atoms with Crippen LogP contribution in [0, 0.1) is 17.3 Å². The first kappa shape index (κ1) is 17.3. The van der Waals surface area contributed by atoms with E-state index in [9.17, 15) is 0 Å². The molecule has 0 radical (unpaired) electrons. The minimum atomic E-state index is 0.0620. The van der Waals surface area contributed by atoms with Crippen molar-refractivity contribution < 1.29 is 0 Å². The third-order valence-corrected chi connectivity index (χ3v) is 3.98. The Hall–Kier alpha value is -2.04. The van der Waals surface area contributed by atoms with E-state index in [0.717, 1.165) is 6.54 Å². The average molecular weight is 305 g/mol. The van der Waals surface area contributed by atoms with Crippen LogP contribution >= 0.6 is 0 Å². The summed E-state index contributed by atoms with van der Waals surface area (Å²) in [6.07, 6.45) is 4.11. The number of rotatable bonds is 4. The van der Waals surface area contributed by atoms with Crippen LogP contribution in [0.5, 0.6) is 0 Å². The number of nitrogens with zero attached hydrogens (tertiary/aromatic N) is 1. The summed E-state index contributed by atoms with van der Waals surface area (Å²) in [5.41, 5.74) is 1.44. The van der Waals surface area contributed by atoms with Crippen molar-refractivity contribution in [3.63, 3.8) is 0 Å². The number of benzene rings is 2. The first-order valence-electron chi connectivity index (χ1n) is 8.24. The summed E-state index contributed by atoms with van der Waals surface area (Å²) >= 11 is 0. The van der Waals surface area contributed by atoms with Gasteiger partial charge in [-0.15, -0.1) is 0 Å². The summed E-state index contributed by atoms with van der Waals surface area (Å²) in [5.74, 6) is 6.36. The van der Waals surface area contributed by atoms with Gasteiger partial charge < -0.3 is 0 Å². The van der Waals surface area contributed by atoms with Gasteiger partial charge >= 0.3 is 0 Å². The summed E-state index contributed by atoms with van der Waals surface area (Å²) in [6, 6.07) is 15.5. The van der Waals surface area contributed by atoms with Gasteiger partial charge in [0.15, 0.2) is 0 Å². The van der Waals surface area contributed by atoms with E-state index in [2.05, 4.69) is 100 Å². The molecule has 120 valence electrons. The first-order chi connectivity index (χ1) is 10.9. The van der Waals surface area contributed by atoms with E-state index in [-0.39, 0.29) is 5.41 Å². The third-order valence-electron chi connectivity index (χ3n) is 3.98. The maximum absolute atomic E-state index is 3.23. The van der Waals surface area contributed by atoms with Crippen molar-refractivity contribution in [1.29, 1.82) is 0 Å². The highest BCUT2D eigenvalue weighted by molar-refractivity contribution is 5.86. The normalized spacial score (nSPS) is 13.3. The quantitative estimate of drug-likeness (QED) is 0.680. The van der Waals surface area contributed by atoms with Crippen LogP contribution in [0.3, 0.4) is 0 Å². The highest BCUT2D eigenvalue weighted by Gasteiger charge is 2.12. The van der Waals surface area contributed by atoms with Crippen LogP contribution in [-0.2, 0) is 0 Å². The summed E-state index contributed by atoms with van der Waals surface area (Å²) in [5, 5.41) is 2.64. The smallest absolute Gasteiger partial charge is 0.0326 e. The Kier molecular flexibility index (Phi) is 5.64. The molecule has 0 aromatic heterocycles. The van der Waals surface area contributed by atoms with Crippen molar-refractivity contribution in [2.75, 3.05) is 13.6 Å². The van der Waals surface area contributed by atoms with Gasteiger partial charge in [-0.2, -0.15) is 0 Å². The van der Waals surface area contributed by atoms with Crippen molar-refractivity contribution in [3.05, 3.63) is 60.2 Å². The average Bonchev–Trinajstić information content (AvgIpc) is 2.52. The molecule has 0 unspecified atom stereocenters. The zero-order valence-corrected chi connectivity index (χ0v) is 14.9. The Morgan fingerprint density at radius 1 is 1.09 bits per heavy atom. The summed E-state index contributed by atoms with van der Waals surface area (Å²) < 4.78 is 0. The molecule has 0 spiro atoms. The molecule has 0 aliphatic heterocycles. The molecule has 0 N–H and O–H groups in total. The number of likely N-dealkylation sites (N-methyl/N-ethyl adjacent to an activating group) is 1. The van der Waals surface area contributed by atoms with Gasteiger partial charge in [-0.1, -0.05) is 60.4 Å². The fourth-order valence-electron chi connectivity index (χ4n) is 2.55. The predicted molar refractivity (Wildman–Crippen MR) is 101 cm³/mol. The monoisotopic (exact) mass is 305 g/mol. The Labute approximate surface area is 141 Å². The molecular formula is C22H27N. The van der Waals surface area contributed by atoms with E-state index in [1.807, 2.05) is 6.08 Å². The van der Waals surface area contributed by atoms with E-state index >= 15 is 0 Å². The van der Waals surface area contributed by atoms with Gasteiger partial charge in [0.25, 0.3) is 0 Å². The lowest BCUT2D eigenvalue weighted by molar-refractivity contribution is 0.291. The topological polar surface area (TPSA) is 3.24 Å². The molecule has 0 heterocycles. The largest absolute Gasteiger partial charge is 0.296 e. The second-order valence-electron chi connectivity index (χ2n) is 7.11. The molecule has 0 bridgehead atoms. The summed E-state index contributed by atoms with van der Waals surface area (Å²) in [4.78, 5) is 2.34. The SMILES string of the molecule is C[C@@H](c1cccc2ccccc12)N(C)C/C=C/C#CC(C)(C)C. The minimum absolute atomic E-state index is 0.0620. The van der Waals surface area contributed by atoms with Crippen LogP contribution in [0.25, 0.3) is 10.8 Å². The Bertz CT molecular complexity index is 732. The highest BCUT2D eigenvalue weighted by atomic mass is 15.1. The zero-order valence-electron chi connectivity index (χ0n) is 14.9. The van der Waals surface area contributed by atoms with E-state index in [4.69, 9.17) is 0 Å². The maximum atomic E-state index is 3.23. The third kappa shape index (κ3) is 4.98. The van der Waals surface area contributed by atoms with Crippen molar-refractivity contribution >= 4 is 10.8 Å². The molecule has 0 saturated carbocycles. The van der Waals surface area contributed by atoms with Crippen LogP contribution < -0.4 is 0 Å². The van der Waals surface area contributed by atoms with Gasteiger partial charge in [0.1, 0.15) is 0 Å². The van der Waals surface area contributed by atoms with Crippen LogP contribution in [0.15, 0.2) is 54.6 Å². The lowest BCUT2D eigenvalue weighted by atomic mass is 9.98. The predicted octanol–water partition coefficient (Wildman–Crippen LogP) is 5.44. The maximum Gasteiger partial charge on any atom is 0.0326 e. The second-order valence-corrected chi connectivity index (χ2v) is 7.11. The Morgan fingerprint density at radius 3 is 2.52 bits per heavy atom. The van der Waals surface area contributed by atoms with Gasteiger partial charge in [-0.3, -0.25) is 4.90 Å². The molecule has 0 aliphatic carbocycles. The number of allylic oxidation sites excluding steroid dienone is 1. The fraction of sp³-hybridized carbons (Fsp3) is 0.364. The van der Waals surface area contributed by atoms with Crippen LogP contribution in [0.1, 0.15) is 39.3 Å². The lowest BCUT2D eigenvalue weighted by Gasteiger charge is -2.25. The van der Waals surface area contributed by atoms with Crippen molar-refractivity contribution in [2.45, 2.75) is 33.7 Å². The van der Waals surface area contributed by atoms with Crippen molar-refractivity contribution in [3.8, 4) is 11.8 Å². The van der Waals surface area contributed by atoms with E-state index in [1.165, 1.54) is 16.3 Å². The first-order valence-corrected chi connectivity index (χ1v) is 8.24. The van der Waals surface area contributed by atoms with Gasteiger partial charge in [0, 0.05) is 18.0 Å². The van der Waals surface area contributed by atoms with Crippen LogP contribution in [0.4, 0.5) is 0 Å². The number of hydrogen-bond donors (Lipinski definition) is 0.